The van der Waals surface area contributed by atoms with Crippen LogP contribution in [0.15, 0.2) is 59.4 Å². The number of aryl methyl sites for hydroxylation is 1. The zero-order valence-electron chi connectivity index (χ0n) is 17.2. The third kappa shape index (κ3) is 4.48. The molecule has 2 aromatic heterocycles. The minimum Gasteiger partial charge on any atom is -0.339 e. The first-order valence-electron chi connectivity index (χ1n) is 10.6. The average molecular weight is 440 g/mol. The van der Waals surface area contributed by atoms with Crippen molar-refractivity contribution in [3.8, 4) is 11.4 Å². The van der Waals surface area contributed by atoms with E-state index in [0.717, 1.165) is 25.2 Å². The molecule has 1 amide bonds. The maximum atomic E-state index is 13.1. The van der Waals surface area contributed by atoms with Gasteiger partial charge in [0, 0.05) is 56.4 Å². The van der Waals surface area contributed by atoms with Crippen LogP contribution in [-0.4, -0.2) is 45.6 Å². The van der Waals surface area contributed by atoms with Crippen molar-refractivity contribution in [2.24, 2.45) is 11.8 Å². The van der Waals surface area contributed by atoms with Gasteiger partial charge in [-0.25, -0.2) is 0 Å². The Balaban J connectivity index is 0.00000231. The minimum atomic E-state index is 0. The molecule has 7 nitrogen and oxygen atoms in total. The summed E-state index contributed by atoms with van der Waals surface area (Å²) in [7, 11) is 0. The molecule has 1 aromatic carbocycles. The maximum absolute atomic E-state index is 13.1. The summed E-state index contributed by atoms with van der Waals surface area (Å²) in [5, 5.41) is 7.52. The second kappa shape index (κ2) is 9.58. The lowest BCUT2D eigenvalue weighted by molar-refractivity contribution is -0.132. The van der Waals surface area contributed by atoms with E-state index in [-0.39, 0.29) is 24.4 Å². The monoisotopic (exact) mass is 439 g/mol. The average Bonchev–Trinajstić information content (AvgIpc) is 3.51. The van der Waals surface area contributed by atoms with E-state index in [4.69, 9.17) is 4.52 Å². The van der Waals surface area contributed by atoms with Crippen LogP contribution in [0.1, 0.15) is 30.3 Å². The molecule has 0 radical (unpaired) electrons. The quantitative estimate of drug-likeness (QED) is 0.634. The van der Waals surface area contributed by atoms with Gasteiger partial charge in [0.2, 0.25) is 17.6 Å². The van der Waals surface area contributed by atoms with E-state index in [2.05, 4.69) is 49.6 Å². The Kier molecular flexibility index (Phi) is 6.63. The Bertz CT molecular complexity index is 997. The molecule has 2 aliphatic rings. The van der Waals surface area contributed by atoms with E-state index >= 15 is 0 Å². The SMILES string of the molecule is Cl.O=C(CCCc1nc(-c2cccnc2)no1)N1C[C@@H]2CNC[C@@H]2[C@@H]1c1ccccc1. The van der Waals surface area contributed by atoms with Gasteiger partial charge in [-0.15, -0.1) is 12.4 Å². The zero-order valence-corrected chi connectivity index (χ0v) is 18.0. The molecule has 1 N–H and O–H groups in total. The lowest BCUT2D eigenvalue weighted by atomic mass is 9.89. The number of hydrogen-bond donors (Lipinski definition) is 1. The fraction of sp³-hybridized carbons (Fsp3) is 0.391. The van der Waals surface area contributed by atoms with Crippen LogP contribution in [-0.2, 0) is 11.2 Å². The molecule has 2 aliphatic heterocycles. The summed E-state index contributed by atoms with van der Waals surface area (Å²) in [6, 6.07) is 14.3. The van der Waals surface area contributed by atoms with Crippen LogP contribution in [0.3, 0.4) is 0 Å². The van der Waals surface area contributed by atoms with Crippen LogP contribution in [0.5, 0.6) is 0 Å². The number of rotatable bonds is 6. The molecule has 8 heteroatoms. The summed E-state index contributed by atoms with van der Waals surface area (Å²) in [5.74, 6) is 2.34. The number of nitrogens with one attached hydrogen (secondary N) is 1. The van der Waals surface area contributed by atoms with Crippen LogP contribution < -0.4 is 5.32 Å². The van der Waals surface area contributed by atoms with E-state index in [1.807, 2.05) is 18.2 Å². The van der Waals surface area contributed by atoms with Crippen molar-refractivity contribution >= 4 is 18.3 Å². The van der Waals surface area contributed by atoms with E-state index in [1.54, 1.807) is 12.4 Å². The number of carbonyl (C=O) groups is 1. The lowest BCUT2D eigenvalue weighted by Gasteiger charge is -2.28. The lowest BCUT2D eigenvalue weighted by Crippen LogP contribution is -2.34. The molecule has 3 aromatic rings. The highest BCUT2D eigenvalue weighted by Gasteiger charge is 2.46. The van der Waals surface area contributed by atoms with Crippen LogP contribution in [0, 0.1) is 11.8 Å². The topological polar surface area (TPSA) is 84.1 Å². The van der Waals surface area contributed by atoms with Gasteiger partial charge in [0.15, 0.2) is 0 Å². The van der Waals surface area contributed by atoms with Crippen LogP contribution in [0.25, 0.3) is 11.4 Å². The molecule has 0 unspecified atom stereocenters. The summed E-state index contributed by atoms with van der Waals surface area (Å²) in [6.45, 7) is 2.81. The van der Waals surface area contributed by atoms with Gasteiger partial charge >= 0.3 is 0 Å². The highest BCUT2D eigenvalue weighted by molar-refractivity contribution is 5.85. The normalized spacial score (nSPS) is 22.2. The smallest absolute Gasteiger partial charge is 0.226 e. The molecule has 4 heterocycles. The van der Waals surface area contributed by atoms with E-state index in [1.165, 1.54) is 5.56 Å². The van der Waals surface area contributed by atoms with Crippen LogP contribution in [0.2, 0.25) is 0 Å². The van der Waals surface area contributed by atoms with Gasteiger partial charge in [-0.2, -0.15) is 4.98 Å². The number of halogens is 1. The highest BCUT2D eigenvalue weighted by atomic mass is 35.5. The molecular formula is C23H26ClN5O2. The Morgan fingerprint density at radius 2 is 2.03 bits per heavy atom. The summed E-state index contributed by atoms with van der Waals surface area (Å²) >= 11 is 0. The molecule has 2 fully saturated rings. The van der Waals surface area contributed by atoms with E-state index in [9.17, 15) is 4.79 Å². The second-order valence-corrected chi connectivity index (χ2v) is 8.09. The van der Waals surface area contributed by atoms with Crippen LogP contribution >= 0.6 is 12.4 Å². The Hall–Kier alpha value is -2.77. The Morgan fingerprint density at radius 1 is 1.16 bits per heavy atom. The third-order valence-electron chi connectivity index (χ3n) is 6.20. The first-order valence-corrected chi connectivity index (χ1v) is 10.6. The molecule has 0 aliphatic carbocycles. The summed E-state index contributed by atoms with van der Waals surface area (Å²) in [4.78, 5) is 23.7. The van der Waals surface area contributed by atoms with Crippen molar-refractivity contribution in [2.45, 2.75) is 25.3 Å². The predicted molar refractivity (Wildman–Crippen MR) is 118 cm³/mol. The number of pyridine rings is 1. The second-order valence-electron chi connectivity index (χ2n) is 8.09. The van der Waals surface area contributed by atoms with Crippen molar-refractivity contribution in [3.63, 3.8) is 0 Å². The van der Waals surface area contributed by atoms with Crippen molar-refractivity contribution < 1.29 is 9.32 Å². The number of amides is 1. The molecular weight excluding hydrogens is 414 g/mol. The van der Waals surface area contributed by atoms with Gasteiger partial charge in [0.1, 0.15) is 0 Å². The fourth-order valence-electron chi connectivity index (χ4n) is 4.76. The Labute approximate surface area is 187 Å². The molecule has 0 saturated carbocycles. The summed E-state index contributed by atoms with van der Waals surface area (Å²) in [6.07, 6.45) is 5.19. The first kappa shape index (κ1) is 21.5. The predicted octanol–water partition coefficient (Wildman–Crippen LogP) is 3.30. The van der Waals surface area contributed by atoms with Gasteiger partial charge < -0.3 is 14.7 Å². The number of likely N-dealkylation sites (tertiary alicyclic amines) is 1. The van der Waals surface area contributed by atoms with Gasteiger partial charge in [0.05, 0.1) is 6.04 Å². The highest BCUT2D eigenvalue weighted by Crippen LogP contribution is 2.42. The molecule has 3 atom stereocenters. The number of fused-ring (bicyclic) bond motifs is 1. The fourth-order valence-corrected chi connectivity index (χ4v) is 4.76. The molecule has 0 bridgehead atoms. The zero-order chi connectivity index (χ0) is 20.3. The van der Waals surface area contributed by atoms with Crippen molar-refractivity contribution in [1.82, 2.24) is 25.3 Å². The molecule has 162 valence electrons. The number of benzene rings is 1. The molecule has 2 saturated heterocycles. The molecule has 0 spiro atoms. The van der Waals surface area contributed by atoms with Gasteiger partial charge in [-0.1, -0.05) is 35.5 Å². The van der Waals surface area contributed by atoms with Gasteiger partial charge in [-0.05, 0) is 30.0 Å². The van der Waals surface area contributed by atoms with Gasteiger partial charge in [-0.3, -0.25) is 9.78 Å². The molecule has 5 rings (SSSR count). The number of aromatic nitrogens is 3. The number of carbonyl (C=O) groups excluding carboxylic acids is 1. The van der Waals surface area contributed by atoms with Crippen LogP contribution in [0.4, 0.5) is 0 Å². The minimum absolute atomic E-state index is 0. The summed E-state index contributed by atoms with van der Waals surface area (Å²) < 4.78 is 5.36. The van der Waals surface area contributed by atoms with E-state index in [0.29, 0.717) is 42.8 Å². The summed E-state index contributed by atoms with van der Waals surface area (Å²) in [5.41, 5.74) is 2.06. The molecule has 31 heavy (non-hydrogen) atoms. The van der Waals surface area contributed by atoms with Gasteiger partial charge in [0.25, 0.3) is 0 Å². The van der Waals surface area contributed by atoms with Crippen molar-refractivity contribution in [3.05, 3.63) is 66.3 Å². The number of nitrogens with zero attached hydrogens (tertiary/aromatic N) is 4. The largest absolute Gasteiger partial charge is 0.339 e. The van der Waals surface area contributed by atoms with E-state index < -0.39 is 0 Å². The standard InChI is InChI=1S/C23H25N5O2.ClH/c29-21(10-4-9-20-26-23(27-30-20)17-8-5-11-24-12-17)28-15-18-13-25-14-19(18)22(28)16-6-2-1-3-7-16;/h1-3,5-8,11-12,18-19,22,25H,4,9-10,13-15H2;1H/t18-,19-,22-;/m0./s1. The Morgan fingerprint density at radius 3 is 2.84 bits per heavy atom. The first-order chi connectivity index (χ1) is 14.8. The van der Waals surface area contributed by atoms with Crippen molar-refractivity contribution in [1.29, 1.82) is 0 Å². The maximum Gasteiger partial charge on any atom is 0.226 e. The van der Waals surface area contributed by atoms with Crippen molar-refractivity contribution in [2.75, 3.05) is 19.6 Å². The number of hydrogen-bond acceptors (Lipinski definition) is 6. The third-order valence-corrected chi connectivity index (χ3v) is 6.20.